The molecule has 0 radical (unpaired) electrons. The number of carbonyl (C=O) groups excluding carboxylic acids is 1. The summed E-state index contributed by atoms with van der Waals surface area (Å²) < 4.78 is 4.82. The molecule has 0 saturated carbocycles. The van der Waals surface area contributed by atoms with Gasteiger partial charge in [-0.25, -0.2) is 9.78 Å². The van der Waals surface area contributed by atoms with E-state index < -0.39 is 5.97 Å². The van der Waals surface area contributed by atoms with Crippen molar-refractivity contribution in [3.05, 3.63) is 82.5 Å². The number of nitrogens with one attached hydrogen (secondary N) is 2. The second kappa shape index (κ2) is 9.00. The van der Waals surface area contributed by atoms with Gasteiger partial charge in [-0.05, 0) is 11.1 Å². The largest absolute Gasteiger partial charge is 0.465 e. The Labute approximate surface area is 162 Å². The molecular weight excluding hydrogens is 364 g/mol. The molecule has 0 unspecified atom stereocenters. The molecule has 0 fully saturated rings. The molecule has 0 amide bonds. The Bertz CT molecular complexity index is 905. The van der Waals surface area contributed by atoms with Gasteiger partial charge in [-0.1, -0.05) is 72.3 Å². The predicted molar refractivity (Wildman–Crippen MR) is 106 cm³/mol. The fourth-order valence-corrected chi connectivity index (χ4v) is 2.73. The Balaban J connectivity index is 1.83. The molecule has 0 saturated heterocycles. The number of hydrogen-bond acceptors (Lipinski definition) is 6. The first kappa shape index (κ1) is 18.7. The maximum atomic E-state index is 12.1. The first-order valence-corrected chi connectivity index (χ1v) is 8.76. The van der Waals surface area contributed by atoms with Crippen LogP contribution in [0.2, 0.25) is 5.15 Å². The van der Waals surface area contributed by atoms with Crippen LogP contribution in [-0.2, 0) is 17.8 Å². The maximum Gasteiger partial charge on any atom is 0.344 e. The van der Waals surface area contributed by atoms with Crippen molar-refractivity contribution in [3.63, 3.8) is 0 Å². The minimum Gasteiger partial charge on any atom is -0.465 e. The summed E-state index contributed by atoms with van der Waals surface area (Å²) in [6.07, 6.45) is 0. The summed E-state index contributed by atoms with van der Waals surface area (Å²) in [5, 5.41) is 6.30. The van der Waals surface area contributed by atoms with Gasteiger partial charge >= 0.3 is 5.97 Å². The number of aromatic nitrogens is 2. The van der Waals surface area contributed by atoms with Crippen molar-refractivity contribution in [2.45, 2.75) is 13.1 Å². The van der Waals surface area contributed by atoms with Crippen LogP contribution in [-0.4, -0.2) is 23.0 Å². The zero-order valence-corrected chi connectivity index (χ0v) is 15.5. The van der Waals surface area contributed by atoms with Crippen molar-refractivity contribution in [1.82, 2.24) is 9.97 Å². The summed E-state index contributed by atoms with van der Waals surface area (Å²) in [4.78, 5) is 20.7. The van der Waals surface area contributed by atoms with E-state index in [0.717, 1.165) is 11.1 Å². The maximum absolute atomic E-state index is 12.1. The number of anilines is 2. The topological polar surface area (TPSA) is 76.1 Å². The van der Waals surface area contributed by atoms with E-state index in [1.807, 2.05) is 60.7 Å². The summed E-state index contributed by atoms with van der Waals surface area (Å²) in [6.45, 7) is 1.02. The summed E-state index contributed by atoms with van der Waals surface area (Å²) >= 11 is 6.24. The van der Waals surface area contributed by atoms with E-state index in [2.05, 4.69) is 20.6 Å². The predicted octanol–water partition coefficient (Wildman–Crippen LogP) is 4.14. The number of hydrogen-bond donors (Lipinski definition) is 2. The van der Waals surface area contributed by atoms with Crippen LogP contribution >= 0.6 is 11.6 Å². The molecule has 0 bridgehead atoms. The molecule has 1 heterocycles. The third-order valence-electron chi connectivity index (χ3n) is 3.85. The van der Waals surface area contributed by atoms with Gasteiger partial charge in [-0.3, -0.25) is 0 Å². The average molecular weight is 383 g/mol. The standard InChI is InChI=1S/C20H19ClN4O2/c1-27-19(26)16-17(21)24-20(23-13-15-10-6-3-7-11-15)25-18(16)22-12-14-8-4-2-5-9-14/h2-11H,12-13H2,1H3,(H2,22,23,24,25). The number of carbonyl (C=O) groups is 1. The van der Waals surface area contributed by atoms with Crippen molar-refractivity contribution < 1.29 is 9.53 Å². The van der Waals surface area contributed by atoms with E-state index >= 15 is 0 Å². The van der Waals surface area contributed by atoms with Gasteiger partial charge in [0.15, 0.2) is 5.15 Å². The van der Waals surface area contributed by atoms with E-state index in [1.54, 1.807) is 0 Å². The summed E-state index contributed by atoms with van der Waals surface area (Å²) in [7, 11) is 1.29. The average Bonchev–Trinajstić information content (AvgIpc) is 2.71. The monoisotopic (exact) mass is 382 g/mol. The zero-order valence-electron chi connectivity index (χ0n) is 14.8. The van der Waals surface area contributed by atoms with E-state index in [4.69, 9.17) is 16.3 Å². The van der Waals surface area contributed by atoms with Crippen molar-refractivity contribution in [2.24, 2.45) is 0 Å². The molecule has 2 aromatic carbocycles. The molecule has 27 heavy (non-hydrogen) atoms. The van der Waals surface area contributed by atoms with Crippen molar-refractivity contribution in [3.8, 4) is 0 Å². The number of esters is 1. The SMILES string of the molecule is COC(=O)c1c(Cl)nc(NCc2ccccc2)nc1NCc1ccccc1. The Hall–Kier alpha value is -3.12. The van der Waals surface area contributed by atoms with E-state index in [1.165, 1.54) is 7.11 Å². The molecule has 138 valence electrons. The molecule has 6 nitrogen and oxygen atoms in total. The van der Waals surface area contributed by atoms with Gasteiger partial charge in [-0.15, -0.1) is 0 Å². The van der Waals surface area contributed by atoms with Crippen molar-refractivity contribution in [2.75, 3.05) is 17.7 Å². The summed E-state index contributed by atoms with van der Waals surface area (Å²) in [5.41, 5.74) is 2.23. The van der Waals surface area contributed by atoms with Crippen LogP contribution in [0.25, 0.3) is 0 Å². The molecule has 0 atom stereocenters. The third kappa shape index (κ3) is 4.95. The van der Waals surface area contributed by atoms with Crippen LogP contribution in [0.15, 0.2) is 60.7 Å². The van der Waals surface area contributed by atoms with Gasteiger partial charge in [0.25, 0.3) is 0 Å². The second-order valence-electron chi connectivity index (χ2n) is 5.73. The van der Waals surface area contributed by atoms with E-state index in [9.17, 15) is 4.79 Å². The Morgan fingerprint density at radius 3 is 2.04 bits per heavy atom. The van der Waals surface area contributed by atoms with Crippen LogP contribution in [0, 0.1) is 0 Å². The molecule has 3 aromatic rings. The zero-order chi connectivity index (χ0) is 19.1. The van der Waals surface area contributed by atoms with Gasteiger partial charge in [0.05, 0.1) is 7.11 Å². The van der Waals surface area contributed by atoms with Gasteiger partial charge < -0.3 is 15.4 Å². The number of rotatable bonds is 7. The molecule has 1 aromatic heterocycles. The normalized spacial score (nSPS) is 10.3. The number of methoxy groups -OCH3 is 1. The molecule has 0 aliphatic carbocycles. The molecule has 2 N–H and O–H groups in total. The smallest absolute Gasteiger partial charge is 0.344 e. The molecule has 0 aliphatic rings. The number of ether oxygens (including phenoxy) is 1. The lowest BCUT2D eigenvalue weighted by atomic mass is 10.2. The summed E-state index contributed by atoms with van der Waals surface area (Å²) in [6, 6.07) is 19.6. The molecule has 3 rings (SSSR count). The number of nitrogens with zero attached hydrogens (tertiary/aromatic N) is 2. The quantitative estimate of drug-likeness (QED) is 0.472. The van der Waals surface area contributed by atoms with Crippen LogP contribution in [0.5, 0.6) is 0 Å². The first-order valence-electron chi connectivity index (χ1n) is 8.39. The van der Waals surface area contributed by atoms with Gasteiger partial charge in [-0.2, -0.15) is 4.98 Å². The lowest BCUT2D eigenvalue weighted by Gasteiger charge is -2.13. The molecular formula is C20H19ClN4O2. The van der Waals surface area contributed by atoms with Gasteiger partial charge in [0.1, 0.15) is 11.4 Å². The highest BCUT2D eigenvalue weighted by Crippen LogP contribution is 2.24. The fourth-order valence-electron chi connectivity index (χ4n) is 2.48. The van der Waals surface area contributed by atoms with Gasteiger partial charge in [0.2, 0.25) is 5.95 Å². The Morgan fingerprint density at radius 2 is 1.48 bits per heavy atom. The number of benzene rings is 2. The van der Waals surface area contributed by atoms with Crippen LogP contribution in [0.4, 0.5) is 11.8 Å². The highest BCUT2D eigenvalue weighted by Gasteiger charge is 2.20. The Kier molecular flexibility index (Phi) is 6.22. The van der Waals surface area contributed by atoms with Crippen LogP contribution in [0.3, 0.4) is 0 Å². The van der Waals surface area contributed by atoms with Crippen LogP contribution in [0.1, 0.15) is 21.5 Å². The lowest BCUT2D eigenvalue weighted by molar-refractivity contribution is 0.0601. The second-order valence-corrected chi connectivity index (χ2v) is 6.09. The van der Waals surface area contributed by atoms with Crippen molar-refractivity contribution in [1.29, 1.82) is 0 Å². The minimum atomic E-state index is -0.592. The van der Waals surface area contributed by atoms with Crippen molar-refractivity contribution >= 4 is 29.3 Å². The first-order chi connectivity index (χ1) is 13.2. The summed E-state index contributed by atoms with van der Waals surface area (Å²) in [5.74, 6) is 0.0542. The highest BCUT2D eigenvalue weighted by atomic mass is 35.5. The molecule has 0 aliphatic heterocycles. The fraction of sp³-hybridized carbons (Fsp3) is 0.150. The minimum absolute atomic E-state index is 0.0305. The van der Waals surface area contributed by atoms with Gasteiger partial charge in [0, 0.05) is 13.1 Å². The molecule has 7 heteroatoms. The third-order valence-corrected chi connectivity index (χ3v) is 4.12. The van der Waals surface area contributed by atoms with E-state index in [0.29, 0.717) is 24.9 Å². The lowest BCUT2D eigenvalue weighted by Crippen LogP contribution is -2.14. The van der Waals surface area contributed by atoms with E-state index in [-0.39, 0.29) is 10.7 Å². The highest BCUT2D eigenvalue weighted by molar-refractivity contribution is 6.33. The number of halogens is 1. The molecule has 0 spiro atoms. The van der Waals surface area contributed by atoms with Crippen LogP contribution < -0.4 is 10.6 Å². The Morgan fingerprint density at radius 1 is 0.926 bits per heavy atom.